The second-order valence-electron chi connectivity index (χ2n) is 3.50. The van der Waals surface area contributed by atoms with Gasteiger partial charge in [0, 0.05) is 11.6 Å². The van der Waals surface area contributed by atoms with Crippen molar-refractivity contribution in [3.8, 4) is 0 Å². The van der Waals surface area contributed by atoms with Gasteiger partial charge >= 0.3 is 0 Å². The SMILES string of the molecule is [CH2]C(CC)NC(C)(C)C. The zero-order chi connectivity index (χ0) is 7.49. The molecule has 1 heteroatoms. The average Bonchev–Trinajstić information content (AvgIpc) is 1.62. The Labute approximate surface area is 58.8 Å². The summed E-state index contributed by atoms with van der Waals surface area (Å²) >= 11 is 0. The normalized spacial score (nSPS) is 15.7. The van der Waals surface area contributed by atoms with Crippen molar-refractivity contribution >= 4 is 0 Å². The summed E-state index contributed by atoms with van der Waals surface area (Å²) in [5.74, 6) is 0. The van der Waals surface area contributed by atoms with Crippen molar-refractivity contribution in [3.63, 3.8) is 0 Å². The van der Waals surface area contributed by atoms with Crippen molar-refractivity contribution in [2.75, 3.05) is 0 Å². The third-order valence-electron chi connectivity index (χ3n) is 1.13. The fraction of sp³-hybridized carbons (Fsp3) is 0.875. The maximum atomic E-state index is 3.93. The molecule has 0 aromatic heterocycles. The highest BCUT2D eigenvalue weighted by molar-refractivity contribution is 4.77. The first-order valence-corrected chi connectivity index (χ1v) is 3.56. The maximum absolute atomic E-state index is 3.93. The highest BCUT2D eigenvalue weighted by Gasteiger charge is 2.11. The van der Waals surface area contributed by atoms with Crippen LogP contribution in [0.3, 0.4) is 0 Å². The summed E-state index contributed by atoms with van der Waals surface area (Å²) < 4.78 is 0. The molecule has 55 valence electrons. The second kappa shape index (κ2) is 3.21. The molecule has 1 nitrogen and oxygen atoms in total. The standard InChI is InChI=1S/C8H18N/c1-6-7(2)9-8(3,4)5/h7,9H,2,6H2,1,3-5H3. The van der Waals surface area contributed by atoms with E-state index in [2.05, 4.69) is 39.9 Å². The molecular formula is C8H18N. The summed E-state index contributed by atoms with van der Waals surface area (Å²) in [4.78, 5) is 0. The van der Waals surface area contributed by atoms with E-state index in [1.54, 1.807) is 0 Å². The van der Waals surface area contributed by atoms with Gasteiger partial charge in [-0.2, -0.15) is 0 Å². The predicted octanol–water partition coefficient (Wildman–Crippen LogP) is 1.99. The van der Waals surface area contributed by atoms with Gasteiger partial charge in [0.15, 0.2) is 0 Å². The first kappa shape index (κ1) is 8.96. The molecule has 9 heavy (non-hydrogen) atoms. The third-order valence-corrected chi connectivity index (χ3v) is 1.13. The monoisotopic (exact) mass is 128 g/mol. The predicted molar refractivity (Wildman–Crippen MR) is 42.3 cm³/mol. The van der Waals surface area contributed by atoms with Crippen LogP contribution in [0.25, 0.3) is 0 Å². The first-order chi connectivity index (χ1) is 3.95. The zero-order valence-corrected chi connectivity index (χ0v) is 6.99. The van der Waals surface area contributed by atoms with Crippen molar-refractivity contribution < 1.29 is 0 Å². The van der Waals surface area contributed by atoms with Crippen molar-refractivity contribution in [1.82, 2.24) is 5.32 Å². The average molecular weight is 128 g/mol. The van der Waals surface area contributed by atoms with Gasteiger partial charge in [-0.25, -0.2) is 0 Å². The maximum Gasteiger partial charge on any atom is 0.00990 e. The van der Waals surface area contributed by atoms with Gasteiger partial charge in [-0.3, -0.25) is 0 Å². The van der Waals surface area contributed by atoms with E-state index < -0.39 is 0 Å². The van der Waals surface area contributed by atoms with Gasteiger partial charge in [-0.15, -0.1) is 0 Å². The summed E-state index contributed by atoms with van der Waals surface area (Å²) in [6.45, 7) is 12.5. The lowest BCUT2D eigenvalue weighted by molar-refractivity contribution is 0.384. The van der Waals surface area contributed by atoms with Crippen LogP contribution >= 0.6 is 0 Å². The largest absolute Gasteiger partial charge is 0.309 e. The smallest absolute Gasteiger partial charge is 0.00990 e. The molecule has 0 amide bonds. The minimum absolute atomic E-state index is 0.211. The Morgan fingerprint density at radius 2 is 1.89 bits per heavy atom. The molecule has 0 aliphatic heterocycles. The molecule has 1 N–H and O–H groups in total. The Morgan fingerprint density at radius 3 is 2.00 bits per heavy atom. The fourth-order valence-corrected chi connectivity index (χ4v) is 0.714. The molecule has 0 fully saturated rings. The quantitative estimate of drug-likeness (QED) is 0.599. The van der Waals surface area contributed by atoms with Crippen molar-refractivity contribution in [3.05, 3.63) is 6.92 Å². The van der Waals surface area contributed by atoms with Crippen molar-refractivity contribution in [2.45, 2.75) is 45.7 Å². The Morgan fingerprint density at radius 1 is 1.44 bits per heavy atom. The highest BCUT2D eigenvalue weighted by Crippen LogP contribution is 2.01. The van der Waals surface area contributed by atoms with Crippen LogP contribution in [-0.2, 0) is 0 Å². The van der Waals surface area contributed by atoms with Gasteiger partial charge in [0.25, 0.3) is 0 Å². The Bertz CT molecular complexity index is 71.1. The van der Waals surface area contributed by atoms with E-state index in [9.17, 15) is 0 Å². The molecule has 0 aromatic rings. The summed E-state index contributed by atoms with van der Waals surface area (Å²) in [7, 11) is 0. The van der Waals surface area contributed by atoms with E-state index in [1.165, 1.54) is 0 Å². The van der Waals surface area contributed by atoms with Gasteiger partial charge in [0.1, 0.15) is 0 Å². The molecule has 0 saturated heterocycles. The van der Waals surface area contributed by atoms with E-state index in [1.807, 2.05) is 0 Å². The van der Waals surface area contributed by atoms with Crippen LogP contribution in [-0.4, -0.2) is 11.6 Å². The topological polar surface area (TPSA) is 12.0 Å². The Hall–Kier alpha value is -0.0400. The van der Waals surface area contributed by atoms with Gasteiger partial charge in [-0.05, 0) is 34.1 Å². The molecule has 1 unspecified atom stereocenters. The van der Waals surface area contributed by atoms with Crippen molar-refractivity contribution in [2.24, 2.45) is 0 Å². The summed E-state index contributed by atoms with van der Waals surface area (Å²) in [5.41, 5.74) is 0.211. The van der Waals surface area contributed by atoms with E-state index >= 15 is 0 Å². The van der Waals surface area contributed by atoms with Gasteiger partial charge in [0.05, 0.1) is 0 Å². The van der Waals surface area contributed by atoms with Crippen LogP contribution in [0, 0.1) is 6.92 Å². The molecule has 0 aromatic carbocycles. The number of rotatable bonds is 2. The Kier molecular flexibility index (Phi) is 3.20. The van der Waals surface area contributed by atoms with Crippen LogP contribution in [0.15, 0.2) is 0 Å². The number of hydrogen-bond acceptors (Lipinski definition) is 1. The lowest BCUT2D eigenvalue weighted by atomic mass is 10.1. The van der Waals surface area contributed by atoms with E-state index in [4.69, 9.17) is 0 Å². The fourth-order valence-electron chi connectivity index (χ4n) is 0.714. The number of hydrogen-bond donors (Lipinski definition) is 1. The first-order valence-electron chi connectivity index (χ1n) is 3.56. The summed E-state index contributed by atoms with van der Waals surface area (Å²) in [5, 5.41) is 3.36. The molecule has 0 saturated carbocycles. The van der Waals surface area contributed by atoms with Gasteiger partial charge in [-0.1, -0.05) is 6.92 Å². The molecule has 0 spiro atoms. The van der Waals surface area contributed by atoms with E-state index in [0.29, 0.717) is 6.04 Å². The summed E-state index contributed by atoms with van der Waals surface area (Å²) in [6.07, 6.45) is 1.09. The molecule has 1 radical (unpaired) electrons. The number of nitrogens with one attached hydrogen (secondary N) is 1. The molecule has 0 aliphatic carbocycles. The lowest BCUT2D eigenvalue weighted by Gasteiger charge is -2.24. The molecule has 1 atom stereocenters. The zero-order valence-electron chi connectivity index (χ0n) is 6.99. The van der Waals surface area contributed by atoms with E-state index in [-0.39, 0.29) is 5.54 Å². The van der Waals surface area contributed by atoms with Crippen LogP contribution in [0.4, 0.5) is 0 Å². The minimum atomic E-state index is 0.211. The summed E-state index contributed by atoms with van der Waals surface area (Å²) in [6, 6.07) is 0.394. The molecule has 0 aliphatic rings. The molecule has 0 bridgehead atoms. The van der Waals surface area contributed by atoms with Gasteiger partial charge in [0.2, 0.25) is 0 Å². The lowest BCUT2D eigenvalue weighted by Crippen LogP contribution is -2.41. The van der Waals surface area contributed by atoms with Crippen LogP contribution in [0.2, 0.25) is 0 Å². The Balaban J connectivity index is 3.47. The van der Waals surface area contributed by atoms with E-state index in [0.717, 1.165) is 6.42 Å². The molecular weight excluding hydrogens is 110 g/mol. The van der Waals surface area contributed by atoms with Crippen molar-refractivity contribution in [1.29, 1.82) is 0 Å². The molecule has 0 heterocycles. The molecule has 0 rings (SSSR count). The minimum Gasteiger partial charge on any atom is -0.309 e. The van der Waals surface area contributed by atoms with Crippen LogP contribution in [0.1, 0.15) is 34.1 Å². The highest BCUT2D eigenvalue weighted by atomic mass is 15.0. The third kappa shape index (κ3) is 5.84. The van der Waals surface area contributed by atoms with Gasteiger partial charge < -0.3 is 5.32 Å². The van der Waals surface area contributed by atoms with Crippen LogP contribution < -0.4 is 5.32 Å². The second-order valence-corrected chi connectivity index (χ2v) is 3.50. The van der Waals surface area contributed by atoms with Crippen LogP contribution in [0.5, 0.6) is 0 Å².